The first kappa shape index (κ1) is 11.0. The Morgan fingerprint density at radius 1 is 1.57 bits per heavy atom. The Labute approximate surface area is 104 Å². The van der Waals surface area contributed by atoms with Crippen LogP contribution in [0.3, 0.4) is 0 Å². The molecule has 1 aromatic heterocycles. The molecule has 0 aromatic carbocycles. The molecule has 1 aromatic rings. The molecule has 0 bridgehead atoms. The van der Waals surface area contributed by atoms with Crippen LogP contribution in [0.1, 0.15) is 25.0 Å². The molecule has 0 spiro atoms. The van der Waals surface area contributed by atoms with Gasteiger partial charge in [0.25, 0.3) is 0 Å². The van der Waals surface area contributed by atoms with Crippen molar-refractivity contribution in [2.75, 3.05) is 5.75 Å². The minimum Gasteiger partial charge on any atom is -0.451 e. The van der Waals surface area contributed by atoms with E-state index in [0.29, 0.717) is 0 Å². The first-order valence-electron chi connectivity index (χ1n) is 4.32. The monoisotopic (exact) mass is 339 g/mol. The van der Waals surface area contributed by atoms with Crippen molar-refractivity contribution in [2.45, 2.75) is 24.8 Å². The van der Waals surface area contributed by atoms with E-state index in [1.807, 2.05) is 17.8 Å². The van der Waals surface area contributed by atoms with Gasteiger partial charge >= 0.3 is 0 Å². The fourth-order valence-electron chi connectivity index (χ4n) is 1.38. The summed E-state index contributed by atoms with van der Waals surface area (Å²) < 4.78 is 7.31. The molecule has 0 amide bonds. The third-order valence-electron chi connectivity index (χ3n) is 2.06. The maximum atomic E-state index is 5.58. The molecule has 78 valence electrons. The van der Waals surface area contributed by atoms with Crippen LogP contribution in [-0.4, -0.2) is 11.3 Å². The third kappa shape index (κ3) is 2.21. The predicted octanol–water partition coefficient (Wildman–Crippen LogP) is 3.92. The van der Waals surface area contributed by atoms with Crippen molar-refractivity contribution in [3.05, 3.63) is 21.0 Å². The van der Waals surface area contributed by atoms with E-state index in [2.05, 4.69) is 51.0 Å². The van der Waals surface area contributed by atoms with Crippen LogP contribution in [0.25, 0.3) is 0 Å². The quantitative estimate of drug-likeness (QED) is 0.838. The Kier molecular flexibility index (Phi) is 3.04. The number of rotatable bonds is 1. The second kappa shape index (κ2) is 3.85. The average Bonchev–Trinajstić information content (AvgIpc) is 2.57. The van der Waals surface area contributed by atoms with Crippen molar-refractivity contribution in [3.63, 3.8) is 0 Å². The Morgan fingerprint density at radius 3 is 2.71 bits per heavy atom. The fourth-order valence-corrected chi connectivity index (χ4v) is 3.33. The Hall–Kier alpha value is 0.550. The van der Waals surface area contributed by atoms with Gasteiger partial charge in [0.1, 0.15) is 11.1 Å². The summed E-state index contributed by atoms with van der Waals surface area (Å²) in [6.07, 6.45) is 0. The van der Waals surface area contributed by atoms with Crippen molar-refractivity contribution in [1.29, 1.82) is 0 Å². The molecule has 2 nitrogen and oxygen atoms in total. The van der Waals surface area contributed by atoms with Gasteiger partial charge in [0.15, 0.2) is 4.67 Å². The SMILES string of the molecule is CC1(C)CSC(c2cc(Br)c(Br)o2)N1. The second-order valence-electron chi connectivity index (χ2n) is 3.99. The molecule has 0 radical (unpaired) electrons. The van der Waals surface area contributed by atoms with Gasteiger partial charge in [-0.15, -0.1) is 11.8 Å². The predicted molar refractivity (Wildman–Crippen MR) is 66.5 cm³/mol. The molecular formula is C9H11Br2NOS. The van der Waals surface area contributed by atoms with Crippen LogP contribution in [-0.2, 0) is 0 Å². The Morgan fingerprint density at radius 2 is 2.29 bits per heavy atom. The molecule has 1 fully saturated rings. The molecule has 2 rings (SSSR count). The van der Waals surface area contributed by atoms with Crippen LogP contribution in [0.15, 0.2) is 19.6 Å². The van der Waals surface area contributed by atoms with E-state index >= 15 is 0 Å². The van der Waals surface area contributed by atoms with E-state index in [9.17, 15) is 0 Å². The largest absolute Gasteiger partial charge is 0.451 e. The van der Waals surface area contributed by atoms with Gasteiger partial charge in [-0.05, 0) is 51.8 Å². The highest BCUT2D eigenvalue weighted by Gasteiger charge is 2.33. The highest BCUT2D eigenvalue weighted by atomic mass is 79.9. The van der Waals surface area contributed by atoms with Gasteiger partial charge in [0.05, 0.1) is 4.47 Å². The maximum Gasteiger partial charge on any atom is 0.183 e. The number of thioether (sulfide) groups is 1. The molecule has 1 aliphatic heterocycles. The van der Waals surface area contributed by atoms with Gasteiger partial charge in [-0.2, -0.15) is 0 Å². The molecule has 1 N–H and O–H groups in total. The lowest BCUT2D eigenvalue weighted by atomic mass is 10.1. The van der Waals surface area contributed by atoms with Crippen molar-refractivity contribution in [1.82, 2.24) is 5.32 Å². The molecule has 0 aliphatic carbocycles. The normalized spacial score (nSPS) is 25.6. The zero-order valence-electron chi connectivity index (χ0n) is 7.93. The van der Waals surface area contributed by atoms with Gasteiger partial charge in [-0.1, -0.05) is 0 Å². The first-order valence-corrected chi connectivity index (χ1v) is 6.95. The zero-order chi connectivity index (χ0) is 10.3. The van der Waals surface area contributed by atoms with Crippen molar-refractivity contribution >= 4 is 43.6 Å². The lowest BCUT2D eigenvalue weighted by Gasteiger charge is -2.17. The molecule has 1 aliphatic rings. The third-order valence-corrected chi connectivity index (χ3v) is 5.34. The van der Waals surface area contributed by atoms with Gasteiger partial charge in [-0.3, -0.25) is 5.32 Å². The summed E-state index contributed by atoms with van der Waals surface area (Å²) in [5, 5.41) is 3.79. The molecule has 2 heterocycles. The summed E-state index contributed by atoms with van der Waals surface area (Å²) in [6.45, 7) is 4.40. The van der Waals surface area contributed by atoms with E-state index in [1.165, 1.54) is 0 Å². The highest BCUT2D eigenvalue weighted by molar-refractivity contribution is 9.13. The Balaban J connectivity index is 2.17. The number of furan rings is 1. The van der Waals surface area contributed by atoms with Crippen molar-refractivity contribution in [2.24, 2.45) is 0 Å². The molecule has 5 heteroatoms. The van der Waals surface area contributed by atoms with E-state index < -0.39 is 0 Å². The van der Waals surface area contributed by atoms with Crippen LogP contribution in [0.4, 0.5) is 0 Å². The molecule has 1 saturated heterocycles. The molecule has 0 saturated carbocycles. The second-order valence-corrected chi connectivity index (χ2v) is 6.66. The van der Waals surface area contributed by atoms with Crippen molar-refractivity contribution in [3.8, 4) is 0 Å². The highest BCUT2D eigenvalue weighted by Crippen LogP contribution is 2.40. The molecule has 14 heavy (non-hydrogen) atoms. The minimum atomic E-state index is 0.196. The smallest absolute Gasteiger partial charge is 0.183 e. The summed E-state index contributed by atoms with van der Waals surface area (Å²) >= 11 is 8.63. The van der Waals surface area contributed by atoms with Crippen molar-refractivity contribution < 1.29 is 4.42 Å². The summed E-state index contributed by atoms with van der Waals surface area (Å²) in [6, 6.07) is 2.01. The average molecular weight is 341 g/mol. The summed E-state index contributed by atoms with van der Waals surface area (Å²) in [4.78, 5) is 0. The summed E-state index contributed by atoms with van der Waals surface area (Å²) in [5.41, 5.74) is 0.196. The lowest BCUT2D eigenvalue weighted by molar-refractivity contribution is 0.402. The zero-order valence-corrected chi connectivity index (χ0v) is 11.9. The van der Waals surface area contributed by atoms with E-state index in [0.717, 1.165) is 20.7 Å². The standard InChI is InChI=1S/C9H11Br2NOS/c1-9(2)4-14-8(12-9)6-3-5(10)7(11)13-6/h3,8,12H,4H2,1-2H3. The molecule has 1 atom stereocenters. The number of hydrogen-bond donors (Lipinski definition) is 1. The van der Waals surface area contributed by atoms with Crippen LogP contribution in [0, 0.1) is 0 Å². The minimum absolute atomic E-state index is 0.196. The Bertz CT molecular complexity index is 331. The van der Waals surface area contributed by atoms with E-state index in [-0.39, 0.29) is 10.9 Å². The first-order chi connectivity index (χ1) is 6.48. The van der Waals surface area contributed by atoms with E-state index in [4.69, 9.17) is 4.42 Å². The van der Waals surface area contributed by atoms with Crippen LogP contribution in [0.2, 0.25) is 0 Å². The maximum absolute atomic E-state index is 5.58. The van der Waals surface area contributed by atoms with E-state index in [1.54, 1.807) is 0 Å². The van der Waals surface area contributed by atoms with Crippen LogP contribution >= 0.6 is 43.6 Å². The van der Waals surface area contributed by atoms with Gasteiger partial charge in [-0.25, -0.2) is 0 Å². The lowest BCUT2D eigenvalue weighted by Crippen LogP contribution is -2.35. The topological polar surface area (TPSA) is 25.2 Å². The number of halogens is 2. The molecule has 1 unspecified atom stereocenters. The number of nitrogens with one attached hydrogen (secondary N) is 1. The van der Waals surface area contributed by atoms with Gasteiger partial charge in [0.2, 0.25) is 0 Å². The fraction of sp³-hybridized carbons (Fsp3) is 0.556. The number of hydrogen-bond acceptors (Lipinski definition) is 3. The van der Waals surface area contributed by atoms with Gasteiger partial charge < -0.3 is 4.42 Å². The summed E-state index contributed by atoms with van der Waals surface area (Å²) in [5.74, 6) is 2.08. The van der Waals surface area contributed by atoms with Gasteiger partial charge in [0, 0.05) is 11.3 Å². The molecular weight excluding hydrogens is 330 g/mol. The van der Waals surface area contributed by atoms with Crippen LogP contribution < -0.4 is 5.32 Å². The summed E-state index contributed by atoms with van der Waals surface area (Å²) in [7, 11) is 0. The van der Waals surface area contributed by atoms with Crippen LogP contribution in [0.5, 0.6) is 0 Å².